The number of benzene rings is 1. The van der Waals surface area contributed by atoms with E-state index >= 15 is 0 Å². The molecule has 0 fully saturated rings. The normalized spacial score (nSPS) is 11.0. The van der Waals surface area contributed by atoms with Crippen molar-refractivity contribution in [2.24, 2.45) is 0 Å². The molecule has 0 aliphatic heterocycles. The second kappa shape index (κ2) is 8.72. The first-order valence-electron chi connectivity index (χ1n) is 7.58. The molecule has 0 saturated carbocycles. The monoisotopic (exact) mass is 398 g/mol. The fourth-order valence-corrected chi connectivity index (χ4v) is 3.73. The molecule has 1 aromatic heterocycles. The third kappa shape index (κ3) is 5.77. The smallest absolute Gasteiger partial charge is 0.241 e. The molecule has 140 valence electrons. The summed E-state index contributed by atoms with van der Waals surface area (Å²) >= 11 is 1.16. The van der Waals surface area contributed by atoms with Crippen molar-refractivity contribution in [1.82, 2.24) is 10.2 Å². The van der Waals surface area contributed by atoms with Gasteiger partial charge >= 0.3 is 0 Å². The van der Waals surface area contributed by atoms with Crippen LogP contribution in [-0.4, -0.2) is 49.0 Å². The summed E-state index contributed by atoms with van der Waals surface area (Å²) in [6.45, 7) is 1.89. The molecule has 0 saturated heterocycles. The Balaban J connectivity index is 1.92. The van der Waals surface area contributed by atoms with Gasteiger partial charge in [-0.05, 0) is 18.6 Å². The number of para-hydroxylation sites is 2. The Hall–Kier alpha value is -2.53. The van der Waals surface area contributed by atoms with Gasteiger partial charge in [0.05, 0.1) is 12.8 Å². The van der Waals surface area contributed by atoms with E-state index in [1.54, 1.807) is 24.3 Å². The fraction of sp³-hybridized carbons (Fsp3) is 0.333. The standard InChI is InChI=1S/C15H18N4O5S2/c1-3-14-18-19-15(25-14)17-13(21)9-26(22,23)8-12(20)16-10-6-4-5-7-11(10)24-2/h4-7H,3,8-9H2,1-2H3,(H,16,20)(H,17,19,21). The molecule has 0 aliphatic carbocycles. The number of aromatic nitrogens is 2. The Kier molecular flexibility index (Phi) is 6.64. The third-order valence-electron chi connectivity index (χ3n) is 3.10. The second-order valence-electron chi connectivity index (χ2n) is 5.18. The van der Waals surface area contributed by atoms with E-state index in [1.807, 2.05) is 6.92 Å². The average Bonchev–Trinajstić information content (AvgIpc) is 3.01. The summed E-state index contributed by atoms with van der Waals surface area (Å²) in [6, 6.07) is 6.60. The Bertz CT molecular complexity index is 895. The van der Waals surface area contributed by atoms with E-state index in [0.717, 1.165) is 16.3 Å². The van der Waals surface area contributed by atoms with Gasteiger partial charge < -0.3 is 10.1 Å². The molecule has 11 heteroatoms. The Morgan fingerprint density at radius 1 is 1.12 bits per heavy atom. The van der Waals surface area contributed by atoms with Crippen LogP contribution in [0.4, 0.5) is 10.8 Å². The highest BCUT2D eigenvalue weighted by Crippen LogP contribution is 2.23. The van der Waals surface area contributed by atoms with Crippen LogP contribution in [0, 0.1) is 0 Å². The lowest BCUT2D eigenvalue weighted by molar-refractivity contribution is -0.114. The number of aryl methyl sites for hydroxylation is 1. The molecule has 2 rings (SSSR count). The van der Waals surface area contributed by atoms with Crippen molar-refractivity contribution < 1.29 is 22.7 Å². The number of anilines is 2. The number of methoxy groups -OCH3 is 1. The van der Waals surface area contributed by atoms with Crippen LogP contribution in [0.5, 0.6) is 5.75 Å². The maximum Gasteiger partial charge on any atom is 0.241 e. The largest absolute Gasteiger partial charge is 0.495 e. The lowest BCUT2D eigenvalue weighted by Gasteiger charge is -2.10. The van der Waals surface area contributed by atoms with Crippen molar-refractivity contribution in [3.63, 3.8) is 0 Å². The molecule has 26 heavy (non-hydrogen) atoms. The maximum atomic E-state index is 12.1. The van der Waals surface area contributed by atoms with Gasteiger partial charge in [-0.1, -0.05) is 30.4 Å². The Labute approximate surface area is 154 Å². The van der Waals surface area contributed by atoms with Crippen LogP contribution in [-0.2, 0) is 25.8 Å². The van der Waals surface area contributed by atoms with Crippen LogP contribution in [0.3, 0.4) is 0 Å². The summed E-state index contributed by atoms with van der Waals surface area (Å²) in [7, 11) is -2.51. The van der Waals surface area contributed by atoms with Gasteiger partial charge in [-0.25, -0.2) is 8.42 Å². The van der Waals surface area contributed by atoms with Gasteiger partial charge in [0.2, 0.25) is 16.9 Å². The van der Waals surface area contributed by atoms with Crippen LogP contribution in [0.15, 0.2) is 24.3 Å². The minimum Gasteiger partial charge on any atom is -0.495 e. The highest BCUT2D eigenvalue weighted by molar-refractivity contribution is 7.92. The molecule has 0 spiro atoms. The van der Waals surface area contributed by atoms with Gasteiger partial charge in [0, 0.05) is 0 Å². The van der Waals surface area contributed by atoms with E-state index in [1.165, 1.54) is 7.11 Å². The molecular weight excluding hydrogens is 380 g/mol. The van der Waals surface area contributed by atoms with Crippen molar-refractivity contribution in [1.29, 1.82) is 0 Å². The molecule has 2 aromatic rings. The molecule has 0 bridgehead atoms. The molecular formula is C15H18N4O5S2. The zero-order valence-corrected chi connectivity index (χ0v) is 15.8. The van der Waals surface area contributed by atoms with Gasteiger partial charge in [-0.15, -0.1) is 10.2 Å². The molecule has 0 radical (unpaired) electrons. The summed E-state index contributed by atoms with van der Waals surface area (Å²) in [5, 5.41) is 13.3. The van der Waals surface area contributed by atoms with E-state index in [2.05, 4.69) is 20.8 Å². The van der Waals surface area contributed by atoms with E-state index < -0.39 is 33.2 Å². The van der Waals surface area contributed by atoms with E-state index in [-0.39, 0.29) is 5.13 Å². The SMILES string of the molecule is CCc1nnc(NC(=O)CS(=O)(=O)CC(=O)Nc2ccccc2OC)s1. The lowest BCUT2D eigenvalue weighted by Crippen LogP contribution is -2.30. The minimum absolute atomic E-state index is 0.223. The van der Waals surface area contributed by atoms with Crippen molar-refractivity contribution in [2.45, 2.75) is 13.3 Å². The lowest BCUT2D eigenvalue weighted by atomic mass is 10.3. The van der Waals surface area contributed by atoms with Crippen molar-refractivity contribution >= 4 is 43.8 Å². The van der Waals surface area contributed by atoms with E-state index in [0.29, 0.717) is 17.9 Å². The van der Waals surface area contributed by atoms with Crippen LogP contribution >= 0.6 is 11.3 Å². The predicted molar refractivity (Wildman–Crippen MR) is 98.2 cm³/mol. The second-order valence-corrected chi connectivity index (χ2v) is 8.31. The molecule has 1 aromatic carbocycles. The van der Waals surface area contributed by atoms with E-state index in [9.17, 15) is 18.0 Å². The number of ether oxygens (including phenoxy) is 1. The number of rotatable bonds is 8. The molecule has 2 N–H and O–H groups in total. The molecule has 9 nitrogen and oxygen atoms in total. The fourth-order valence-electron chi connectivity index (χ4n) is 1.99. The summed E-state index contributed by atoms with van der Waals surface area (Å²) in [6.07, 6.45) is 0.662. The zero-order valence-electron chi connectivity index (χ0n) is 14.2. The topological polar surface area (TPSA) is 127 Å². The van der Waals surface area contributed by atoms with Gasteiger partial charge in [0.15, 0.2) is 9.84 Å². The van der Waals surface area contributed by atoms with Crippen molar-refractivity contribution in [3.8, 4) is 5.75 Å². The van der Waals surface area contributed by atoms with Crippen LogP contribution < -0.4 is 15.4 Å². The minimum atomic E-state index is -3.95. The van der Waals surface area contributed by atoms with Crippen LogP contribution in [0.2, 0.25) is 0 Å². The Morgan fingerprint density at radius 3 is 2.38 bits per heavy atom. The van der Waals surface area contributed by atoms with Crippen LogP contribution in [0.1, 0.15) is 11.9 Å². The summed E-state index contributed by atoms with van der Waals surface area (Å²) in [5.74, 6) is -2.78. The average molecular weight is 398 g/mol. The highest BCUT2D eigenvalue weighted by atomic mass is 32.2. The number of nitrogens with zero attached hydrogens (tertiary/aromatic N) is 2. The predicted octanol–water partition coefficient (Wildman–Crippen LogP) is 1.10. The quantitative estimate of drug-likeness (QED) is 0.681. The van der Waals surface area contributed by atoms with Crippen molar-refractivity contribution in [3.05, 3.63) is 29.3 Å². The number of hydrogen-bond donors (Lipinski definition) is 2. The Morgan fingerprint density at radius 2 is 1.77 bits per heavy atom. The number of carbonyl (C=O) groups excluding carboxylic acids is 2. The third-order valence-corrected chi connectivity index (χ3v) is 5.49. The van der Waals surface area contributed by atoms with Gasteiger partial charge in [-0.2, -0.15) is 0 Å². The molecule has 1 heterocycles. The highest BCUT2D eigenvalue weighted by Gasteiger charge is 2.22. The first-order valence-corrected chi connectivity index (χ1v) is 10.2. The van der Waals surface area contributed by atoms with Crippen molar-refractivity contribution in [2.75, 3.05) is 29.2 Å². The summed E-state index contributed by atoms with van der Waals surface area (Å²) in [5.41, 5.74) is 0.348. The number of carbonyl (C=O) groups is 2. The summed E-state index contributed by atoms with van der Waals surface area (Å²) < 4.78 is 29.2. The van der Waals surface area contributed by atoms with Gasteiger partial charge in [-0.3, -0.25) is 14.9 Å². The summed E-state index contributed by atoms with van der Waals surface area (Å²) in [4.78, 5) is 23.8. The first-order chi connectivity index (χ1) is 12.3. The first kappa shape index (κ1) is 19.8. The number of sulfone groups is 1. The number of nitrogens with one attached hydrogen (secondary N) is 2. The number of hydrogen-bond acceptors (Lipinski definition) is 8. The molecule has 0 atom stereocenters. The maximum absolute atomic E-state index is 12.1. The van der Waals surface area contributed by atoms with Gasteiger partial charge in [0.25, 0.3) is 0 Å². The molecule has 0 unspecified atom stereocenters. The van der Waals surface area contributed by atoms with Gasteiger partial charge in [0.1, 0.15) is 22.3 Å². The van der Waals surface area contributed by atoms with Crippen LogP contribution in [0.25, 0.3) is 0 Å². The van der Waals surface area contributed by atoms with E-state index in [4.69, 9.17) is 4.74 Å². The zero-order chi connectivity index (χ0) is 19.2. The number of amides is 2. The molecule has 0 aliphatic rings. The molecule has 2 amide bonds.